The zero-order valence-corrected chi connectivity index (χ0v) is 33.6. The van der Waals surface area contributed by atoms with Crippen molar-refractivity contribution in [3.8, 4) is 11.6 Å². The Morgan fingerprint density at radius 2 is 1.84 bits per heavy atom. The molecule has 2 saturated heterocycles. The fourth-order valence-electron chi connectivity index (χ4n) is 7.45. The molecule has 57 heavy (non-hydrogen) atoms. The van der Waals surface area contributed by atoms with Crippen molar-refractivity contribution in [1.82, 2.24) is 25.2 Å². The average molecular weight is 813 g/mol. The number of allylic oxidation sites excluding steroid dienone is 1. The van der Waals surface area contributed by atoms with Crippen LogP contribution in [-0.4, -0.2) is 130 Å². The number of sulfonamides is 1. The number of hydrogen-bond donors (Lipinski definition) is 3. The lowest BCUT2D eigenvalue weighted by molar-refractivity contribution is -0.142. The number of methoxy groups -OCH3 is 1. The molecule has 4 heterocycles. The Balaban J connectivity index is 1.21. The maximum atomic E-state index is 14.5. The Labute approximate surface area is 332 Å². The van der Waals surface area contributed by atoms with E-state index in [-0.39, 0.29) is 38.5 Å². The van der Waals surface area contributed by atoms with Crippen LogP contribution in [0.15, 0.2) is 36.4 Å². The second kappa shape index (κ2) is 16.3. The van der Waals surface area contributed by atoms with Gasteiger partial charge in [0, 0.05) is 37.4 Å². The number of morpholine rings is 1. The molecule has 5 aliphatic rings. The van der Waals surface area contributed by atoms with Crippen molar-refractivity contribution in [2.75, 3.05) is 58.1 Å². The second-order valence-corrected chi connectivity index (χ2v) is 18.2. The van der Waals surface area contributed by atoms with E-state index in [1.54, 1.807) is 33.9 Å². The molecular formula is C39H52N6O11S. The van der Waals surface area contributed by atoms with E-state index in [4.69, 9.17) is 28.7 Å². The standard InChI is InChI=1S/C39H52N6O11S/c1-38(2,3)56-37(49)40-30-23-54-15-7-5-6-8-25-21-39(25,36(48)43-57(50,51)28-10-11-28)42-33(46)31-20-27(22-45(31)35(30)47)55-34-29-12-9-26(52-4)18-24(29)19-32(41-34)44-13-16-53-17-14-44/h6,8-9,12,18-19,25,27-28,30-31H,5,7,10-11,13-17,20-23H2,1-4H3,(H,40,49)(H,42,46)(H,43,48)/b8-6-/t25-,27-,30+,31+,39-/m1/s1. The van der Waals surface area contributed by atoms with Crippen LogP contribution in [0.2, 0.25) is 0 Å². The Hall–Kier alpha value is -4.68. The number of hydrogen-bond acceptors (Lipinski definition) is 13. The van der Waals surface area contributed by atoms with Gasteiger partial charge in [-0.1, -0.05) is 12.2 Å². The third kappa shape index (κ3) is 9.39. The summed E-state index contributed by atoms with van der Waals surface area (Å²) in [4.78, 5) is 64.2. The molecule has 3 N–H and O–H groups in total. The number of amides is 4. The summed E-state index contributed by atoms with van der Waals surface area (Å²) in [7, 11) is -2.34. The third-order valence-electron chi connectivity index (χ3n) is 10.7. The first-order valence-electron chi connectivity index (χ1n) is 19.6. The number of rotatable bonds is 8. The number of nitrogens with one attached hydrogen (secondary N) is 3. The SMILES string of the molecule is COc1ccc2c(O[C@@H]3C[C@H]4C(=O)N[C@]5(C(=O)NS(=O)(=O)C6CC6)C[C@H]5/C=C\CCCOC[C@H](NC(=O)OC(C)(C)C)C(=O)N4C3)nc(N3CCOCC3)cc2c1. The number of pyridine rings is 1. The average Bonchev–Trinajstić information content (AvgIpc) is 4.09. The van der Waals surface area contributed by atoms with E-state index in [9.17, 15) is 27.6 Å². The molecule has 7 rings (SSSR count). The van der Waals surface area contributed by atoms with Gasteiger partial charge in [-0.25, -0.2) is 13.2 Å². The lowest BCUT2D eigenvalue weighted by atomic mass is 10.1. The van der Waals surface area contributed by atoms with Crippen LogP contribution >= 0.6 is 0 Å². The summed E-state index contributed by atoms with van der Waals surface area (Å²) in [5.41, 5.74) is -2.40. The molecule has 2 saturated carbocycles. The van der Waals surface area contributed by atoms with Gasteiger partial charge in [-0.3, -0.25) is 19.1 Å². The minimum absolute atomic E-state index is 0.00270. The normalized spacial score (nSPS) is 27.9. The molecule has 1 aromatic heterocycles. The van der Waals surface area contributed by atoms with Crippen LogP contribution in [0.1, 0.15) is 59.3 Å². The van der Waals surface area contributed by atoms with Gasteiger partial charge in [-0.05, 0) is 82.5 Å². The van der Waals surface area contributed by atoms with E-state index in [2.05, 4.69) is 20.3 Å². The van der Waals surface area contributed by atoms with Gasteiger partial charge < -0.3 is 44.1 Å². The molecule has 17 nitrogen and oxygen atoms in total. The van der Waals surface area contributed by atoms with Gasteiger partial charge >= 0.3 is 6.09 Å². The monoisotopic (exact) mass is 812 g/mol. The predicted octanol–water partition coefficient (Wildman–Crippen LogP) is 2.17. The molecule has 5 atom stereocenters. The highest BCUT2D eigenvalue weighted by atomic mass is 32.2. The number of fused-ring (bicyclic) bond motifs is 3. The highest BCUT2D eigenvalue weighted by molar-refractivity contribution is 7.91. The summed E-state index contributed by atoms with van der Waals surface area (Å²) in [6.07, 6.45) is 4.30. The van der Waals surface area contributed by atoms with Crippen LogP contribution in [0.25, 0.3) is 10.8 Å². The molecule has 0 spiro atoms. The van der Waals surface area contributed by atoms with Gasteiger partial charge in [0.15, 0.2) is 0 Å². The van der Waals surface area contributed by atoms with E-state index >= 15 is 0 Å². The van der Waals surface area contributed by atoms with Crippen LogP contribution in [0.5, 0.6) is 11.6 Å². The molecule has 0 bridgehead atoms. The zero-order chi connectivity index (χ0) is 40.5. The van der Waals surface area contributed by atoms with Gasteiger partial charge in [-0.2, -0.15) is 4.98 Å². The Morgan fingerprint density at radius 1 is 1.07 bits per heavy atom. The third-order valence-corrected chi connectivity index (χ3v) is 12.5. The lowest BCUT2D eigenvalue weighted by Crippen LogP contribution is -2.59. The number of benzene rings is 1. The number of aromatic nitrogens is 1. The largest absolute Gasteiger partial charge is 0.497 e. The molecule has 0 unspecified atom stereocenters. The molecule has 3 aliphatic heterocycles. The van der Waals surface area contributed by atoms with Gasteiger partial charge in [0.25, 0.3) is 5.91 Å². The van der Waals surface area contributed by atoms with Crippen molar-refractivity contribution in [3.63, 3.8) is 0 Å². The van der Waals surface area contributed by atoms with Crippen molar-refractivity contribution in [3.05, 3.63) is 36.4 Å². The topological polar surface area (TPSA) is 204 Å². The Morgan fingerprint density at radius 3 is 2.56 bits per heavy atom. The van der Waals surface area contributed by atoms with E-state index in [0.29, 0.717) is 68.9 Å². The van der Waals surface area contributed by atoms with Gasteiger partial charge in [-0.15, -0.1) is 0 Å². The summed E-state index contributed by atoms with van der Waals surface area (Å²) in [5.74, 6) is -0.981. The number of carbonyl (C=O) groups is 4. The van der Waals surface area contributed by atoms with E-state index in [0.717, 1.165) is 5.39 Å². The summed E-state index contributed by atoms with van der Waals surface area (Å²) >= 11 is 0. The van der Waals surface area contributed by atoms with Crippen molar-refractivity contribution in [1.29, 1.82) is 0 Å². The van der Waals surface area contributed by atoms with Crippen LogP contribution in [0.4, 0.5) is 10.6 Å². The molecule has 18 heteroatoms. The van der Waals surface area contributed by atoms with Gasteiger partial charge in [0.1, 0.15) is 40.9 Å². The number of ether oxygens (including phenoxy) is 5. The first kappa shape index (κ1) is 40.5. The van der Waals surface area contributed by atoms with Crippen LogP contribution < -0.4 is 29.7 Å². The molecule has 4 fully saturated rings. The molecule has 310 valence electrons. The summed E-state index contributed by atoms with van der Waals surface area (Å²) in [6.45, 7) is 7.41. The number of anilines is 1. The van der Waals surface area contributed by atoms with Gasteiger partial charge in [0.2, 0.25) is 27.7 Å². The summed E-state index contributed by atoms with van der Waals surface area (Å²) < 4.78 is 57.0. The molecule has 2 aromatic rings. The highest BCUT2D eigenvalue weighted by Crippen LogP contribution is 2.46. The second-order valence-electron chi connectivity index (χ2n) is 16.2. The zero-order valence-electron chi connectivity index (χ0n) is 32.8. The first-order chi connectivity index (χ1) is 27.2. The highest BCUT2D eigenvalue weighted by Gasteiger charge is 2.62. The number of nitrogens with zero attached hydrogens (tertiary/aromatic N) is 3. The molecule has 4 amide bonds. The lowest BCUT2D eigenvalue weighted by Gasteiger charge is -2.30. The smallest absolute Gasteiger partial charge is 0.408 e. The Bertz CT molecular complexity index is 2010. The van der Waals surface area contributed by atoms with E-state index in [1.807, 2.05) is 30.4 Å². The predicted molar refractivity (Wildman–Crippen MR) is 207 cm³/mol. The Kier molecular flexibility index (Phi) is 11.6. The minimum atomic E-state index is -3.92. The maximum Gasteiger partial charge on any atom is 0.408 e. The fourth-order valence-corrected chi connectivity index (χ4v) is 8.82. The fraction of sp³-hybridized carbons (Fsp3) is 0.615. The van der Waals surface area contributed by atoms with E-state index in [1.165, 1.54) is 4.90 Å². The quantitative estimate of drug-likeness (QED) is 0.328. The van der Waals surface area contributed by atoms with Crippen molar-refractivity contribution in [2.45, 2.75) is 93.9 Å². The van der Waals surface area contributed by atoms with Crippen LogP contribution in [0, 0.1) is 5.92 Å². The summed E-state index contributed by atoms with van der Waals surface area (Å²) in [6, 6.07) is 5.04. The minimum Gasteiger partial charge on any atom is -0.497 e. The van der Waals surface area contributed by atoms with Crippen LogP contribution in [-0.2, 0) is 38.6 Å². The molecular weight excluding hydrogens is 761 g/mol. The van der Waals surface area contributed by atoms with E-state index < -0.39 is 74.3 Å². The first-order valence-corrected chi connectivity index (χ1v) is 21.1. The molecule has 0 radical (unpaired) electrons. The molecule has 2 aliphatic carbocycles. The number of alkyl carbamates (subject to hydrolysis) is 1. The maximum absolute atomic E-state index is 14.5. The van der Waals surface area contributed by atoms with Crippen molar-refractivity contribution < 1.29 is 51.3 Å². The van der Waals surface area contributed by atoms with Crippen molar-refractivity contribution >= 4 is 50.4 Å². The van der Waals surface area contributed by atoms with Crippen molar-refractivity contribution in [2.24, 2.45) is 5.92 Å². The van der Waals surface area contributed by atoms with Gasteiger partial charge in [0.05, 0.1) is 38.7 Å². The molecule has 1 aromatic carbocycles. The number of carbonyl (C=O) groups excluding carboxylic acids is 4. The van der Waals surface area contributed by atoms with Crippen LogP contribution in [0.3, 0.4) is 0 Å². The summed E-state index contributed by atoms with van der Waals surface area (Å²) in [5, 5.41) is 6.36.